The second-order valence-corrected chi connectivity index (χ2v) is 28.8. The molecule has 0 rings (SSSR count). The fourth-order valence-electron chi connectivity index (χ4n) is 9.89. The van der Waals surface area contributed by atoms with Crippen LogP contribution in [0.4, 0.5) is 0 Å². The van der Waals surface area contributed by atoms with Gasteiger partial charge in [0.15, 0.2) is 12.2 Å². The van der Waals surface area contributed by atoms with Crippen LogP contribution in [0.15, 0.2) is 182 Å². The van der Waals surface area contributed by atoms with E-state index >= 15 is 0 Å². The number of aliphatic hydroxyl groups is 1. The Labute approximate surface area is 641 Å². The lowest BCUT2D eigenvalue weighted by molar-refractivity contribution is -0.161. The number of phosphoric ester groups is 2. The maximum absolute atomic E-state index is 13.1. The molecular formula is C87H140O17P2. The maximum atomic E-state index is 13.1. The van der Waals surface area contributed by atoms with Gasteiger partial charge in [-0.05, 0) is 161 Å². The van der Waals surface area contributed by atoms with Crippen molar-refractivity contribution < 1.29 is 80.2 Å². The first-order chi connectivity index (χ1) is 51.7. The Morgan fingerprint density at radius 1 is 0.283 bits per heavy atom. The van der Waals surface area contributed by atoms with Crippen LogP contribution in [0.3, 0.4) is 0 Å². The number of carbonyl (C=O) groups excluding carboxylic acids is 4. The van der Waals surface area contributed by atoms with E-state index < -0.39 is 97.5 Å². The molecule has 0 aromatic rings. The smallest absolute Gasteiger partial charge is 0.462 e. The van der Waals surface area contributed by atoms with Gasteiger partial charge >= 0.3 is 39.5 Å². The van der Waals surface area contributed by atoms with E-state index in [1.165, 1.54) is 19.3 Å². The van der Waals surface area contributed by atoms with Gasteiger partial charge in [-0.2, -0.15) is 0 Å². The van der Waals surface area contributed by atoms with Crippen molar-refractivity contribution in [2.24, 2.45) is 0 Å². The van der Waals surface area contributed by atoms with Crippen LogP contribution in [0, 0.1) is 0 Å². The van der Waals surface area contributed by atoms with Gasteiger partial charge in [0.2, 0.25) is 0 Å². The van der Waals surface area contributed by atoms with E-state index in [1.54, 1.807) is 6.08 Å². The lowest BCUT2D eigenvalue weighted by Crippen LogP contribution is -2.30. The Kier molecular flexibility index (Phi) is 73.1. The molecule has 17 nitrogen and oxygen atoms in total. The first kappa shape index (κ1) is 100. The summed E-state index contributed by atoms with van der Waals surface area (Å²) in [5.74, 6) is -2.40. The number of unbranched alkanes of at least 4 members (excludes halogenated alkanes) is 18. The van der Waals surface area contributed by atoms with Crippen molar-refractivity contribution in [1.82, 2.24) is 0 Å². The quantitative estimate of drug-likeness (QED) is 0.0169. The Balaban J connectivity index is 5.49. The van der Waals surface area contributed by atoms with Gasteiger partial charge in [-0.25, -0.2) is 9.13 Å². The highest BCUT2D eigenvalue weighted by molar-refractivity contribution is 7.47. The molecule has 0 saturated heterocycles. The molecule has 0 fully saturated rings. The molecule has 3 N–H and O–H groups in total. The first-order valence-corrected chi connectivity index (χ1v) is 43.0. The fourth-order valence-corrected chi connectivity index (χ4v) is 11.5. The van der Waals surface area contributed by atoms with Crippen molar-refractivity contribution >= 4 is 39.5 Å². The Hall–Kier alpha value is -5.84. The minimum absolute atomic E-state index is 0.0526. The third-order valence-corrected chi connectivity index (χ3v) is 17.8. The summed E-state index contributed by atoms with van der Waals surface area (Å²) in [5, 5.41) is 10.6. The van der Waals surface area contributed by atoms with Gasteiger partial charge in [0, 0.05) is 19.3 Å². The number of carbonyl (C=O) groups is 4. The fraction of sp³-hybridized carbons (Fsp3) is 0.609. The highest BCUT2D eigenvalue weighted by Crippen LogP contribution is 2.45. The highest BCUT2D eigenvalue weighted by Gasteiger charge is 2.30. The maximum Gasteiger partial charge on any atom is 0.472 e. The van der Waals surface area contributed by atoms with E-state index in [1.807, 2.05) is 18.2 Å². The standard InChI is InChI=1S/C87H140O17P2/c1-5-9-13-17-21-25-29-33-37-39-40-42-45-48-52-56-60-64-68-72-85(90)98-78-83(104-87(92)74-70-66-62-58-54-50-46-41-38-34-30-26-22-18-14-10-6-2)80-102-106(95,96)100-76-81(88)75-99-105(93,94)101-79-82(103-86(91)73-69-65-61-57-53-49-44-36-32-28-24-20-16-12-8-4)77-97-84(89)71-67-63-59-55-51-47-43-35-31-27-23-19-15-11-7-3/h9-11,13-15,21-28,33-38,40,42-44,46,50-51,55,63,67,81-83,88H,5-8,12,16-20,29-32,39,41,45,47-49,52-54,56-62,64-66,68-80H2,1-4H3,(H,93,94)(H,95,96)/b13-9-,14-10-,15-11-,25-21-,26-22-,27-23-,28-24-,37-33-,38-34-,42-40-,43-35-,44-36-,50-46-,55-51-,67-63-. The number of aliphatic hydroxyl groups excluding tert-OH is 1. The molecule has 19 heteroatoms. The Bertz CT molecular complexity index is 2730. The second kappa shape index (κ2) is 77.3. The topological polar surface area (TPSA) is 237 Å². The third kappa shape index (κ3) is 76.4. The van der Waals surface area contributed by atoms with E-state index in [0.717, 1.165) is 186 Å². The van der Waals surface area contributed by atoms with Crippen molar-refractivity contribution in [2.75, 3.05) is 39.6 Å². The summed E-state index contributed by atoms with van der Waals surface area (Å²) in [6, 6.07) is 0. The van der Waals surface area contributed by atoms with Crippen LogP contribution in [0.2, 0.25) is 0 Å². The lowest BCUT2D eigenvalue weighted by Gasteiger charge is -2.21. The average Bonchev–Trinajstić information content (AvgIpc) is 0.899. The van der Waals surface area contributed by atoms with Gasteiger partial charge in [-0.15, -0.1) is 0 Å². The number of hydrogen-bond acceptors (Lipinski definition) is 15. The van der Waals surface area contributed by atoms with Crippen LogP contribution in [0.1, 0.15) is 285 Å². The van der Waals surface area contributed by atoms with Gasteiger partial charge in [0.1, 0.15) is 19.3 Å². The van der Waals surface area contributed by atoms with Crippen molar-refractivity contribution in [2.45, 2.75) is 303 Å². The zero-order valence-electron chi connectivity index (χ0n) is 65.5. The van der Waals surface area contributed by atoms with Gasteiger partial charge in [-0.3, -0.25) is 37.3 Å². The molecule has 0 saturated carbocycles. The first-order valence-electron chi connectivity index (χ1n) is 40.0. The molecule has 0 aromatic heterocycles. The summed E-state index contributed by atoms with van der Waals surface area (Å²) in [6.07, 6.45) is 93.2. The number of ether oxygens (including phenoxy) is 4. The van der Waals surface area contributed by atoms with E-state index in [2.05, 4.69) is 186 Å². The minimum Gasteiger partial charge on any atom is -0.462 e. The molecule has 600 valence electrons. The molecule has 0 aliphatic carbocycles. The van der Waals surface area contributed by atoms with E-state index in [4.69, 9.17) is 37.0 Å². The SMILES string of the molecule is CC/C=C\C/C=C\C/C=C\C/C=C\C/C=C\CC(=O)OCC(COP(=O)(O)OCC(O)COP(=O)(O)OCC(COC(=O)CCCCCCCC/C=C\C/C=C\C/C=C\C/C=C\CC)OC(=O)CCCCCC/C=C\C/C=C\C/C=C\C/C=C\CC)OC(=O)CCCCCCC/C=C\C/C=C\CCCCC. The number of phosphoric acid groups is 2. The highest BCUT2D eigenvalue weighted by atomic mass is 31.2. The predicted molar refractivity (Wildman–Crippen MR) is 436 cm³/mol. The van der Waals surface area contributed by atoms with Crippen molar-refractivity contribution in [3.8, 4) is 0 Å². The predicted octanol–water partition coefficient (Wildman–Crippen LogP) is 23.6. The van der Waals surface area contributed by atoms with Crippen molar-refractivity contribution in [3.63, 3.8) is 0 Å². The number of esters is 4. The van der Waals surface area contributed by atoms with Crippen LogP contribution in [-0.2, 0) is 65.4 Å². The Morgan fingerprint density at radius 3 is 0.840 bits per heavy atom. The summed E-state index contributed by atoms with van der Waals surface area (Å²) in [5.41, 5.74) is 0. The molecule has 0 aliphatic rings. The zero-order chi connectivity index (χ0) is 77.4. The zero-order valence-corrected chi connectivity index (χ0v) is 67.3. The normalized spacial score (nSPS) is 14.8. The second-order valence-electron chi connectivity index (χ2n) is 25.9. The molecule has 0 heterocycles. The Morgan fingerprint density at radius 2 is 0.528 bits per heavy atom. The number of hydrogen-bond donors (Lipinski definition) is 3. The van der Waals surface area contributed by atoms with Crippen LogP contribution in [-0.4, -0.2) is 96.7 Å². The molecule has 0 radical (unpaired) electrons. The minimum atomic E-state index is -5.01. The van der Waals surface area contributed by atoms with Gasteiger partial charge in [-0.1, -0.05) is 281 Å². The van der Waals surface area contributed by atoms with E-state index in [0.29, 0.717) is 25.7 Å². The molecule has 0 spiro atoms. The lowest BCUT2D eigenvalue weighted by atomic mass is 10.1. The number of allylic oxidation sites excluding steroid dienone is 29. The summed E-state index contributed by atoms with van der Waals surface area (Å²) < 4.78 is 68.5. The van der Waals surface area contributed by atoms with Crippen LogP contribution in [0.5, 0.6) is 0 Å². The van der Waals surface area contributed by atoms with Crippen LogP contribution >= 0.6 is 15.6 Å². The third-order valence-electron chi connectivity index (χ3n) is 15.9. The summed E-state index contributed by atoms with van der Waals surface area (Å²) in [6.45, 7) is 4.31. The van der Waals surface area contributed by atoms with Crippen LogP contribution < -0.4 is 0 Å². The molecule has 0 aliphatic heterocycles. The number of rotatable bonds is 73. The average molecular weight is 1520 g/mol. The summed E-state index contributed by atoms with van der Waals surface area (Å²) >= 11 is 0. The molecule has 106 heavy (non-hydrogen) atoms. The molecule has 5 atom stereocenters. The largest absolute Gasteiger partial charge is 0.472 e. The molecule has 0 aromatic carbocycles. The molecule has 0 bridgehead atoms. The van der Waals surface area contributed by atoms with E-state index in [9.17, 15) is 43.2 Å². The monoisotopic (exact) mass is 1520 g/mol. The van der Waals surface area contributed by atoms with Gasteiger partial charge in [0.25, 0.3) is 0 Å². The summed E-state index contributed by atoms with van der Waals surface area (Å²) in [4.78, 5) is 73.0. The van der Waals surface area contributed by atoms with Crippen LogP contribution in [0.25, 0.3) is 0 Å². The molecule has 0 amide bonds. The summed E-state index contributed by atoms with van der Waals surface area (Å²) in [7, 11) is -10.0. The van der Waals surface area contributed by atoms with Gasteiger partial charge < -0.3 is 33.8 Å². The van der Waals surface area contributed by atoms with Crippen molar-refractivity contribution in [3.05, 3.63) is 182 Å². The van der Waals surface area contributed by atoms with Crippen molar-refractivity contribution in [1.29, 1.82) is 0 Å². The van der Waals surface area contributed by atoms with Gasteiger partial charge in [0.05, 0.1) is 32.8 Å². The molecular weight excluding hydrogens is 1380 g/mol. The molecule has 5 unspecified atom stereocenters. The van der Waals surface area contributed by atoms with E-state index in [-0.39, 0.29) is 25.7 Å².